The van der Waals surface area contributed by atoms with Gasteiger partial charge in [-0.25, -0.2) is 4.39 Å². The van der Waals surface area contributed by atoms with E-state index in [4.69, 9.17) is 21.1 Å². The Labute approximate surface area is 146 Å². The third kappa shape index (κ3) is 5.21. The van der Waals surface area contributed by atoms with Crippen LogP contribution in [0.4, 0.5) is 10.1 Å². The summed E-state index contributed by atoms with van der Waals surface area (Å²) >= 11 is 6.10. The van der Waals surface area contributed by atoms with Crippen LogP contribution >= 0.6 is 24.0 Å². The molecule has 1 aliphatic rings. The monoisotopic (exact) mass is 366 g/mol. The standard InChI is InChI=1S/C15H20ClFN2O3.ClH/c1-2-21-8-9-22-13-11(16)4-3-5-12(13)19-14(20)15(17)6-7-18-10-15;/h3-5,18H,2,6-10H2,1H3,(H,19,20);1H. The number of carbonyl (C=O) groups excluding carboxylic acids is 1. The molecular formula is C15H21Cl2FN2O3. The van der Waals surface area contributed by atoms with Gasteiger partial charge in [0.2, 0.25) is 5.67 Å². The molecule has 0 radical (unpaired) electrons. The van der Waals surface area contributed by atoms with Gasteiger partial charge in [-0.1, -0.05) is 17.7 Å². The first-order valence-electron chi connectivity index (χ1n) is 7.27. The van der Waals surface area contributed by atoms with Crippen molar-refractivity contribution in [3.63, 3.8) is 0 Å². The van der Waals surface area contributed by atoms with Crippen molar-refractivity contribution in [2.75, 3.05) is 38.2 Å². The summed E-state index contributed by atoms with van der Waals surface area (Å²) in [6, 6.07) is 4.95. The molecular weight excluding hydrogens is 346 g/mol. The Morgan fingerprint density at radius 2 is 2.26 bits per heavy atom. The minimum absolute atomic E-state index is 0. The summed E-state index contributed by atoms with van der Waals surface area (Å²) in [6.45, 7) is 3.68. The van der Waals surface area contributed by atoms with Gasteiger partial charge in [0.1, 0.15) is 6.61 Å². The van der Waals surface area contributed by atoms with E-state index in [1.54, 1.807) is 18.2 Å². The number of para-hydroxylation sites is 1. The van der Waals surface area contributed by atoms with Gasteiger partial charge in [-0.2, -0.15) is 0 Å². The van der Waals surface area contributed by atoms with Gasteiger partial charge in [0.05, 0.1) is 17.3 Å². The highest BCUT2D eigenvalue weighted by atomic mass is 35.5. The normalized spacial score (nSPS) is 20.0. The highest BCUT2D eigenvalue weighted by molar-refractivity contribution is 6.32. The summed E-state index contributed by atoms with van der Waals surface area (Å²) in [4.78, 5) is 12.1. The third-order valence-corrected chi connectivity index (χ3v) is 3.70. The Morgan fingerprint density at radius 1 is 1.48 bits per heavy atom. The fourth-order valence-corrected chi connectivity index (χ4v) is 2.42. The Hall–Kier alpha value is -1.08. The maximum Gasteiger partial charge on any atom is 0.263 e. The van der Waals surface area contributed by atoms with E-state index in [1.807, 2.05) is 6.92 Å². The highest BCUT2D eigenvalue weighted by Crippen LogP contribution is 2.34. The molecule has 0 saturated carbocycles. The van der Waals surface area contributed by atoms with E-state index in [9.17, 15) is 9.18 Å². The van der Waals surface area contributed by atoms with Crippen molar-refractivity contribution in [3.05, 3.63) is 23.2 Å². The molecule has 1 atom stereocenters. The number of halogens is 3. The van der Waals surface area contributed by atoms with Crippen LogP contribution in [0.3, 0.4) is 0 Å². The topological polar surface area (TPSA) is 59.6 Å². The molecule has 0 aromatic heterocycles. The summed E-state index contributed by atoms with van der Waals surface area (Å²) in [5.41, 5.74) is -1.54. The van der Waals surface area contributed by atoms with Crippen LogP contribution in [0.25, 0.3) is 0 Å². The van der Waals surface area contributed by atoms with Gasteiger partial charge in [-0.15, -0.1) is 12.4 Å². The largest absolute Gasteiger partial charge is 0.487 e. The van der Waals surface area contributed by atoms with Gasteiger partial charge < -0.3 is 20.1 Å². The highest BCUT2D eigenvalue weighted by Gasteiger charge is 2.41. The van der Waals surface area contributed by atoms with Gasteiger partial charge in [-0.3, -0.25) is 4.79 Å². The number of alkyl halides is 1. The summed E-state index contributed by atoms with van der Waals surface area (Å²) in [6.07, 6.45) is 0.153. The number of hydrogen-bond acceptors (Lipinski definition) is 4. The number of anilines is 1. The fourth-order valence-electron chi connectivity index (χ4n) is 2.19. The second kappa shape index (κ2) is 9.27. The van der Waals surface area contributed by atoms with Crippen LogP contribution < -0.4 is 15.4 Å². The lowest BCUT2D eigenvalue weighted by molar-refractivity contribution is -0.126. The van der Waals surface area contributed by atoms with Crippen molar-refractivity contribution in [2.45, 2.75) is 19.0 Å². The number of nitrogens with one attached hydrogen (secondary N) is 2. The molecule has 0 bridgehead atoms. The molecule has 0 aliphatic carbocycles. The van der Waals surface area contributed by atoms with Crippen LogP contribution in [-0.2, 0) is 9.53 Å². The van der Waals surface area contributed by atoms with Crippen molar-refractivity contribution < 1.29 is 18.7 Å². The average molecular weight is 367 g/mol. The Balaban J connectivity index is 0.00000264. The molecule has 2 N–H and O–H groups in total. The first kappa shape index (κ1) is 20.0. The van der Waals surface area contributed by atoms with E-state index >= 15 is 0 Å². The first-order chi connectivity index (χ1) is 10.6. The summed E-state index contributed by atoms with van der Waals surface area (Å²) in [5.74, 6) is -0.360. The lowest BCUT2D eigenvalue weighted by Crippen LogP contribution is -2.40. The van der Waals surface area contributed by atoms with E-state index in [0.29, 0.717) is 42.8 Å². The van der Waals surface area contributed by atoms with Crippen molar-refractivity contribution in [3.8, 4) is 5.75 Å². The smallest absolute Gasteiger partial charge is 0.263 e. The van der Waals surface area contributed by atoms with Crippen LogP contribution in [0.1, 0.15) is 13.3 Å². The lowest BCUT2D eigenvalue weighted by atomic mass is 10.0. The van der Waals surface area contributed by atoms with Gasteiger partial charge in [0.15, 0.2) is 5.75 Å². The van der Waals surface area contributed by atoms with Gasteiger partial charge >= 0.3 is 0 Å². The molecule has 1 aromatic carbocycles. The van der Waals surface area contributed by atoms with Crippen molar-refractivity contribution in [1.82, 2.24) is 5.32 Å². The summed E-state index contributed by atoms with van der Waals surface area (Å²) < 4.78 is 25.2. The van der Waals surface area contributed by atoms with E-state index in [2.05, 4.69) is 10.6 Å². The van der Waals surface area contributed by atoms with E-state index in [-0.39, 0.29) is 25.4 Å². The predicted octanol–water partition coefficient (Wildman–Crippen LogP) is 2.82. The molecule has 1 unspecified atom stereocenters. The average Bonchev–Trinajstić information content (AvgIpc) is 2.94. The predicted molar refractivity (Wildman–Crippen MR) is 90.6 cm³/mol. The number of benzene rings is 1. The molecule has 2 rings (SSSR count). The molecule has 1 aromatic rings. The zero-order chi connectivity index (χ0) is 16.0. The molecule has 0 spiro atoms. The fraction of sp³-hybridized carbons (Fsp3) is 0.533. The quantitative estimate of drug-likeness (QED) is 0.728. The third-order valence-electron chi connectivity index (χ3n) is 3.40. The van der Waals surface area contributed by atoms with Crippen LogP contribution in [0.2, 0.25) is 5.02 Å². The second-order valence-corrected chi connectivity index (χ2v) is 5.42. The molecule has 23 heavy (non-hydrogen) atoms. The lowest BCUT2D eigenvalue weighted by Gasteiger charge is -2.19. The van der Waals surface area contributed by atoms with Crippen molar-refractivity contribution in [2.24, 2.45) is 0 Å². The maximum absolute atomic E-state index is 14.4. The van der Waals surface area contributed by atoms with E-state index in [0.717, 1.165) is 0 Å². The van der Waals surface area contributed by atoms with Crippen LogP contribution in [0, 0.1) is 0 Å². The van der Waals surface area contributed by atoms with Crippen molar-refractivity contribution in [1.29, 1.82) is 0 Å². The molecule has 1 amide bonds. The Bertz CT molecular complexity index is 525. The molecule has 1 saturated heterocycles. The number of amides is 1. The van der Waals surface area contributed by atoms with Crippen molar-refractivity contribution >= 4 is 35.6 Å². The molecule has 8 heteroatoms. The Morgan fingerprint density at radius 3 is 2.91 bits per heavy atom. The number of carbonyl (C=O) groups is 1. The Kier molecular flexibility index (Phi) is 8.05. The van der Waals surface area contributed by atoms with E-state index in [1.165, 1.54) is 0 Å². The summed E-state index contributed by atoms with van der Waals surface area (Å²) in [5, 5.41) is 5.77. The number of hydrogen-bond donors (Lipinski definition) is 2. The zero-order valence-corrected chi connectivity index (χ0v) is 14.4. The van der Waals surface area contributed by atoms with Gasteiger partial charge in [0.25, 0.3) is 5.91 Å². The minimum Gasteiger partial charge on any atom is -0.487 e. The number of ether oxygens (including phenoxy) is 2. The SMILES string of the molecule is CCOCCOc1c(Cl)cccc1NC(=O)C1(F)CCNC1.Cl. The van der Waals surface area contributed by atoms with Crippen LogP contribution in [-0.4, -0.2) is 44.5 Å². The minimum atomic E-state index is -1.90. The van der Waals surface area contributed by atoms with E-state index < -0.39 is 11.6 Å². The first-order valence-corrected chi connectivity index (χ1v) is 7.65. The molecule has 1 aliphatic heterocycles. The zero-order valence-electron chi connectivity index (χ0n) is 12.9. The maximum atomic E-state index is 14.4. The second-order valence-electron chi connectivity index (χ2n) is 5.01. The summed E-state index contributed by atoms with van der Waals surface area (Å²) in [7, 11) is 0. The van der Waals surface area contributed by atoms with Crippen LogP contribution in [0.15, 0.2) is 18.2 Å². The van der Waals surface area contributed by atoms with Gasteiger partial charge in [-0.05, 0) is 25.6 Å². The molecule has 130 valence electrons. The molecule has 5 nitrogen and oxygen atoms in total. The number of rotatable bonds is 7. The molecule has 1 heterocycles. The van der Waals surface area contributed by atoms with Crippen LogP contribution in [0.5, 0.6) is 5.75 Å². The van der Waals surface area contributed by atoms with Gasteiger partial charge in [0, 0.05) is 19.6 Å². The molecule has 1 fully saturated rings.